The van der Waals surface area contributed by atoms with E-state index in [-0.39, 0.29) is 41.1 Å². The molecule has 0 radical (unpaired) electrons. The Bertz CT molecular complexity index is 4870. The van der Waals surface area contributed by atoms with E-state index in [9.17, 15) is 32.3 Å². The van der Waals surface area contributed by atoms with Crippen LogP contribution >= 0.6 is 34.8 Å². The predicted molar refractivity (Wildman–Crippen MR) is 391 cm³/mol. The van der Waals surface area contributed by atoms with E-state index in [1.807, 2.05) is 93.6 Å². The van der Waals surface area contributed by atoms with Crippen LogP contribution < -0.4 is 53.2 Å². The summed E-state index contributed by atoms with van der Waals surface area (Å²) in [6.45, 7) is 19.7. The highest BCUT2D eigenvalue weighted by atomic mass is 35.5. The number of rotatable bonds is 16. The number of hydrogen-bond acceptors (Lipinski definition) is 18. The summed E-state index contributed by atoms with van der Waals surface area (Å²) in [5.74, 6) is 3.01. The lowest BCUT2D eigenvalue weighted by atomic mass is 9.97. The smallest absolute Gasteiger partial charge is 0.410 e. The number of likely N-dealkylation sites (tertiary alicyclic amines) is 1. The van der Waals surface area contributed by atoms with E-state index in [2.05, 4.69) is 93.2 Å². The van der Waals surface area contributed by atoms with Gasteiger partial charge in [0.2, 0.25) is 0 Å². The third-order valence-electron chi connectivity index (χ3n) is 16.5. The molecular formula is C71H72Cl3F3N20O5. The lowest BCUT2D eigenvalue weighted by molar-refractivity contribution is -0.116. The SMILES string of the molecule is C=C1C/C(=C\c2cnn3c(NC4CCNC4)cc(Nc4cccc(Cl)c4)nc23)C(=O)N1.C=C1C/C(=C\c2cnn3c(NCC(F)(F)F)cc(Nc4cccc(Cl)c4)nc23)C(=O)N1.C=C1C/C(=C\c2cnn3c(NCC4CCN(C(=O)OC(C)(C)C)CC4)cc(Nc4cccc(Cl)c4)nc23)C(=O)N1. The molecule has 5 saturated heterocycles. The van der Waals surface area contributed by atoms with Crippen LogP contribution in [0.2, 0.25) is 15.1 Å². The third-order valence-corrected chi connectivity index (χ3v) is 17.2. The maximum Gasteiger partial charge on any atom is 0.410 e. The quantitative estimate of drug-likeness (QED) is 0.0402. The summed E-state index contributed by atoms with van der Waals surface area (Å²) in [6, 6.07) is 27.3. The maximum absolute atomic E-state index is 12.8. The largest absolute Gasteiger partial charge is 0.444 e. The molecule has 25 nitrogen and oxygen atoms in total. The minimum Gasteiger partial charge on any atom is -0.444 e. The van der Waals surface area contributed by atoms with Crippen molar-refractivity contribution in [3.63, 3.8) is 0 Å². The first-order chi connectivity index (χ1) is 48.8. The number of nitrogens with one attached hydrogen (secondary N) is 10. The van der Waals surface area contributed by atoms with Gasteiger partial charge in [0.25, 0.3) is 17.7 Å². The number of benzene rings is 3. The van der Waals surface area contributed by atoms with Gasteiger partial charge in [0, 0.05) is 152 Å². The van der Waals surface area contributed by atoms with E-state index < -0.39 is 18.3 Å². The summed E-state index contributed by atoms with van der Waals surface area (Å²) in [5.41, 5.74) is 8.88. The average Bonchev–Trinajstić information content (AvgIpc) is 1.62. The molecule has 9 aromatic rings. The van der Waals surface area contributed by atoms with Gasteiger partial charge in [-0.2, -0.15) is 42.0 Å². The number of fused-ring (bicyclic) bond motifs is 3. The molecule has 0 saturated carbocycles. The highest BCUT2D eigenvalue weighted by Crippen LogP contribution is 2.33. The second kappa shape index (κ2) is 30.5. The van der Waals surface area contributed by atoms with E-state index in [4.69, 9.17) is 49.5 Å². The van der Waals surface area contributed by atoms with Gasteiger partial charge in [0.1, 0.15) is 47.1 Å². The number of hydrogen-bond donors (Lipinski definition) is 10. The summed E-state index contributed by atoms with van der Waals surface area (Å²) >= 11 is 18.3. The number of carbonyl (C=O) groups excluding carboxylic acids is 4. The summed E-state index contributed by atoms with van der Waals surface area (Å²) < 4.78 is 48.7. The Morgan fingerprint density at radius 3 is 1.35 bits per heavy atom. The molecule has 1 unspecified atom stereocenters. The second-order valence-corrected chi connectivity index (χ2v) is 27.1. The fourth-order valence-corrected chi connectivity index (χ4v) is 12.3. The van der Waals surface area contributed by atoms with Crippen LogP contribution in [-0.4, -0.2) is 130 Å². The van der Waals surface area contributed by atoms with Crippen LogP contribution in [0.15, 0.2) is 163 Å². The minimum absolute atomic E-state index is 0.0804. The average molecular weight is 1450 g/mol. The van der Waals surface area contributed by atoms with Gasteiger partial charge in [-0.15, -0.1) is 0 Å². The van der Waals surface area contributed by atoms with Gasteiger partial charge in [0.05, 0.1) is 18.6 Å². The first-order valence-corrected chi connectivity index (χ1v) is 33.7. The fourth-order valence-electron chi connectivity index (χ4n) is 11.7. The number of carbonyl (C=O) groups is 4. The van der Waals surface area contributed by atoms with Crippen molar-refractivity contribution in [3.8, 4) is 0 Å². The fraction of sp³-hybridized carbons (Fsp3) is 0.268. The van der Waals surface area contributed by atoms with Crippen molar-refractivity contribution < 1.29 is 37.1 Å². The first kappa shape index (κ1) is 70.9. The van der Waals surface area contributed by atoms with E-state index in [0.29, 0.717) is 134 Å². The van der Waals surface area contributed by atoms with Crippen LogP contribution in [0, 0.1) is 5.92 Å². The molecule has 14 rings (SSSR count). The van der Waals surface area contributed by atoms with Crippen molar-refractivity contribution >= 4 is 146 Å². The second-order valence-electron chi connectivity index (χ2n) is 25.8. The molecule has 0 spiro atoms. The molecule has 3 aromatic carbocycles. The molecule has 10 N–H and O–H groups in total. The van der Waals surface area contributed by atoms with Crippen LogP contribution in [0.3, 0.4) is 0 Å². The van der Waals surface area contributed by atoms with Gasteiger partial charge < -0.3 is 62.8 Å². The molecule has 102 heavy (non-hydrogen) atoms. The lowest BCUT2D eigenvalue weighted by Gasteiger charge is -2.33. The standard InChI is InChI=1S/C29H34ClN7O3.C22H22ClN7O.C20H16ClF3N6O/c1-18-12-20(27(38)33-18)13-21-17-32-37-25(15-24(35-26(21)37)34-23-7-5-6-22(30)14-23)31-16-19-8-10-36(11-9-19)28(39)40-29(2,3)4;1-13-7-14(22(31)26-13)8-15-11-25-30-20(28-18-5-6-24-12-18)10-19(29-21(15)30)27-17-4-2-3-16(23)9-17;1-11-5-12(19(31)27-11)6-13-9-26-30-17(25-10-20(22,23)24)8-16(29-18(13)30)28-15-4-2-3-14(21)7-15/h5-7,13-15,17,19,31H,1,8-12,16H2,2-4H3,(H,33,38)(H,34,35);2-4,8-11,18,24,28H,1,5-7,12H2,(H,26,31)(H,27,29);2-4,6-9,25H,1,5,10H2,(H,27,31)(H,28,29)/b20-13+;14-8+;12-6+. The third kappa shape index (κ3) is 18.2. The van der Waals surface area contributed by atoms with Gasteiger partial charge in [0.15, 0.2) is 16.9 Å². The molecular weight excluding hydrogens is 1380 g/mol. The molecule has 528 valence electrons. The van der Waals surface area contributed by atoms with Crippen LogP contribution in [0.25, 0.3) is 35.2 Å². The number of halogens is 6. The molecule has 5 fully saturated rings. The van der Waals surface area contributed by atoms with Gasteiger partial charge in [-0.1, -0.05) is 72.7 Å². The number of allylic oxidation sites excluding steroid dienone is 3. The highest BCUT2D eigenvalue weighted by molar-refractivity contribution is 6.31. The van der Waals surface area contributed by atoms with Crippen molar-refractivity contribution in [2.45, 2.75) is 77.1 Å². The predicted octanol–water partition coefficient (Wildman–Crippen LogP) is 13.4. The number of piperidine rings is 1. The van der Waals surface area contributed by atoms with E-state index in [1.54, 1.807) is 56.7 Å². The number of nitrogens with zero attached hydrogens (tertiary/aromatic N) is 10. The van der Waals surface area contributed by atoms with Gasteiger partial charge in [-0.05, 0) is 125 Å². The zero-order valence-corrected chi connectivity index (χ0v) is 57.9. The van der Waals surface area contributed by atoms with Crippen LogP contribution in [0.4, 0.5) is 69.9 Å². The summed E-state index contributed by atoms with van der Waals surface area (Å²) in [4.78, 5) is 64.8. The minimum atomic E-state index is -4.42. The van der Waals surface area contributed by atoms with Crippen LogP contribution in [0.1, 0.15) is 76.0 Å². The summed E-state index contributed by atoms with van der Waals surface area (Å²) in [6.07, 6.45) is 9.48. The zero-order valence-electron chi connectivity index (χ0n) is 55.7. The Labute approximate surface area is 598 Å². The molecule has 11 heterocycles. The van der Waals surface area contributed by atoms with Crippen molar-refractivity contribution in [3.05, 3.63) is 195 Å². The molecule has 0 aliphatic carbocycles. The maximum atomic E-state index is 12.8. The van der Waals surface area contributed by atoms with Crippen LogP contribution in [0.5, 0.6) is 0 Å². The van der Waals surface area contributed by atoms with Gasteiger partial charge in [-0.25, -0.2) is 19.7 Å². The van der Waals surface area contributed by atoms with E-state index in [0.717, 1.165) is 66.5 Å². The number of alkyl halides is 3. The van der Waals surface area contributed by atoms with Crippen molar-refractivity contribution in [2.24, 2.45) is 5.92 Å². The summed E-state index contributed by atoms with van der Waals surface area (Å²) in [5, 5.41) is 45.6. The molecule has 5 aliphatic rings. The van der Waals surface area contributed by atoms with Crippen LogP contribution in [-0.2, 0) is 19.1 Å². The molecule has 31 heteroatoms. The topological polar surface area (TPSA) is 292 Å². The molecule has 4 amide bonds. The lowest BCUT2D eigenvalue weighted by Crippen LogP contribution is -2.42. The summed E-state index contributed by atoms with van der Waals surface area (Å²) in [7, 11) is 0. The normalized spacial score (nSPS) is 17.6. The molecule has 5 aliphatic heterocycles. The number of amides is 4. The Morgan fingerprint density at radius 2 is 0.990 bits per heavy atom. The highest BCUT2D eigenvalue weighted by Gasteiger charge is 2.30. The Balaban J connectivity index is 0.000000146. The molecule has 6 aromatic heterocycles. The van der Waals surface area contributed by atoms with E-state index in [1.165, 1.54) is 16.8 Å². The molecule has 1 atom stereocenters. The Morgan fingerprint density at radius 1 is 0.588 bits per heavy atom. The van der Waals surface area contributed by atoms with Gasteiger partial charge >= 0.3 is 12.3 Å². The Hall–Kier alpha value is -10.9. The number of aromatic nitrogens is 9. The van der Waals surface area contributed by atoms with Crippen molar-refractivity contribution in [1.82, 2.24) is 70.0 Å². The van der Waals surface area contributed by atoms with Crippen molar-refractivity contribution in [2.75, 3.05) is 71.2 Å². The zero-order chi connectivity index (χ0) is 72.0. The monoisotopic (exact) mass is 1450 g/mol. The van der Waals surface area contributed by atoms with Gasteiger partial charge in [-0.3, -0.25) is 14.4 Å². The first-order valence-electron chi connectivity index (χ1n) is 32.6. The Kier molecular flexibility index (Phi) is 21.2. The number of anilines is 9. The van der Waals surface area contributed by atoms with E-state index >= 15 is 0 Å². The number of ether oxygens (including phenoxy) is 1. The molecule has 0 bridgehead atoms. The van der Waals surface area contributed by atoms with Crippen molar-refractivity contribution in [1.29, 1.82) is 0 Å².